The van der Waals surface area contributed by atoms with Crippen LogP contribution in [-0.2, 0) is 4.79 Å². The third-order valence-electron chi connectivity index (χ3n) is 4.47. The van der Waals surface area contributed by atoms with Crippen LogP contribution in [0.15, 0.2) is 54.7 Å². The number of para-hydroxylation sites is 1. The van der Waals surface area contributed by atoms with Crippen molar-refractivity contribution in [3.63, 3.8) is 0 Å². The van der Waals surface area contributed by atoms with E-state index in [1.54, 1.807) is 29.1 Å². The van der Waals surface area contributed by atoms with Crippen molar-refractivity contribution in [3.8, 4) is 11.4 Å². The first-order valence-electron chi connectivity index (χ1n) is 9.04. The van der Waals surface area contributed by atoms with E-state index in [1.165, 1.54) is 0 Å². The predicted molar refractivity (Wildman–Crippen MR) is 106 cm³/mol. The van der Waals surface area contributed by atoms with Gasteiger partial charge in [-0.1, -0.05) is 32.0 Å². The summed E-state index contributed by atoms with van der Waals surface area (Å²) in [5.74, 6) is 0.202. The van der Waals surface area contributed by atoms with Crippen LogP contribution in [-0.4, -0.2) is 28.2 Å². The van der Waals surface area contributed by atoms with Crippen LogP contribution in [0.4, 0.5) is 11.4 Å². The lowest BCUT2D eigenvalue weighted by molar-refractivity contribution is -0.118. The fourth-order valence-corrected chi connectivity index (χ4v) is 3.22. The standard InChI is InChI=1S/C21H20N4O3/c1-13(2)20-16(11-22-25(20)15-6-4-3-5-7-15)21(27)23-14-8-9-18-17(10-14)24-19(26)12-28-18/h3-11,13H,12H2,1-2H3,(H,23,27)(H,24,26). The average Bonchev–Trinajstić information content (AvgIpc) is 3.14. The van der Waals surface area contributed by atoms with Gasteiger partial charge >= 0.3 is 0 Å². The molecule has 2 N–H and O–H groups in total. The van der Waals surface area contributed by atoms with Gasteiger partial charge in [0.25, 0.3) is 11.8 Å². The highest BCUT2D eigenvalue weighted by Crippen LogP contribution is 2.31. The second kappa shape index (κ2) is 7.19. The largest absolute Gasteiger partial charge is 0.482 e. The zero-order chi connectivity index (χ0) is 19.7. The molecule has 0 fully saturated rings. The second-order valence-corrected chi connectivity index (χ2v) is 6.85. The van der Waals surface area contributed by atoms with E-state index in [1.807, 2.05) is 44.2 Å². The number of anilines is 2. The van der Waals surface area contributed by atoms with Crippen molar-refractivity contribution >= 4 is 23.2 Å². The van der Waals surface area contributed by atoms with Gasteiger partial charge in [0, 0.05) is 5.69 Å². The van der Waals surface area contributed by atoms with E-state index in [4.69, 9.17) is 4.74 Å². The van der Waals surface area contributed by atoms with E-state index in [9.17, 15) is 9.59 Å². The number of rotatable bonds is 4. The number of nitrogens with zero attached hydrogens (tertiary/aromatic N) is 2. The Kier molecular flexibility index (Phi) is 4.57. The zero-order valence-corrected chi connectivity index (χ0v) is 15.6. The molecule has 28 heavy (non-hydrogen) atoms. The van der Waals surface area contributed by atoms with E-state index in [0.717, 1.165) is 11.4 Å². The third-order valence-corrected chi connectivity index (χ3v) is 4.47. The Morgan fingerprint density at radius 3 is 2.75 bits per heavy atom. The van der Waals surface area contributed by atoms with Crippen LogP contribution in [0.3, 0.4) is 0 Å². The summed E-state index contributed by atoms with van der Waals surface area (Å²) in [5.41, 5.74) is 3.35. The molecule has 0 radical (unpaired) electrons. The fourth-order valence-electron chi connectivity index (χ4n) is 3.22. The Bertz CT molecular complexity index is 1040. The molecule has 4 rings (SSSR count). The van der Waals surface area contributed by atoms with Crippen LogP contribution in [0.1, 0.15) is 35.8 Å². The molecule has 0 spiro atoms. The first-order valence-corrected chi connectivity index (χ1v) is 9.04. The van der Waals surface area contributed by atoms with E-state index in [-0.39, 0.29) is 24.3 Å². The molecule has 1 aliphatic heterocycles. The van der Waals surface area contributed by atoms with Gasteiger partial charge in [-0.2, -0.15) is 5.10 Å². The summed E-state index contributed by atoms with van der Waals surface area (Å²) in [4.78, 5) is 24.4. The Morgan fingerprint density at radius 2 is 2.00 bits per heavy atom. The van der Waals surface area contributed by atoms with Crippen molar-refractivity contribution in [2.24, 2.45) is 0 Å². The Hall–Kier alpha value is -3.61. The molecule has 0 saturated carbocycles. The fraction of sp³-hybridized carbons (Fsp3) is 0.190. The van der Waals surface area contributed by atoms with Crippen molar-refractivity contribution in [1.82, 2.24) is 9.78 Å². The smallest absolute Gasteiger partial charge is 0.262 e. The maximum Gasteiger partial charge on any atom is 0.262 e. The van der Waals surface area contributed by atoms with E-state index in [0.29, 0.717) is 22.7 Å². The zero-order valence-electron chi connectivity index (χ0n) is 15.6. The lowest BCUT2D eigenvalue weighted by Crippen LogP contribution is -2.25. The monoisotopic (exact) mass is 376 g/mol. The van der Waals surface area contributed by atoms with Gasteiger partial charge in [-0.05, 0) is 36.2 Å². The summed E-state index contributed by atoms with van der Waals surface area (Å²) < 4.78 is 7.14. The first-order chi connectivity index (χ1) is 13.5. The summed E-state index contributed by atoms with van der Waals surface area (Å²) in [7, 11) is 0. The summed E-state index contributed by atoms with van der Waals surface area (Å²) in [6.45, 7) is 4.05. The number of aromatic nitrogens is 2. The number of benzene rings is 2. The number of carbonyl (C=O) groups excluding carboxylic acids is 2. The molecule has 0 atom stereocenters. The number of amides is 2. The van der Waals surface area contributed by atoms with Gasteiger partial charge in [0.2, 0.25) is 0 Å². The molecule has 7 nitrogen and oxygen atoms in total. The number of fused-ring (bicyclic) bond motifs is 1. The number of carbonyl (C=O) groups is 2. The number of ether oxygens (including phenoxy) is 1. The molecule has 0 aliphatic carbocycles. The number of hydrogen-bond acceptors (Lipinski definition) is 4. The SMILES string of the molecule is CC(C)c1c(C(=O)Nc2ccc3c(c2)NC(=O)CO3)cnn1-c1ccccc1. The van der Waals surface area contributed by atoms with E-state index >= 15 is 0 Å². The summed E-state index contributed by atoms with van der Waals surface area (Å²) in [5, 5.41) is 10.1. The van der Waals surface area contributed by atoms with Gasteiger partial charge in [0.1, 0.15) is 5.75 Å². The van der Waals surface area contributed by atoms with Gasteiger partial charge in [0.05, 0.1) is 28.8 Å². The quantitative estimate of drug-likeness (QED) is 0.729. The predicted octanol–water partition coefficient (Wildman–Crippen LogP) is 3.58. The highest BCUT2D eigenvalue weighted by Gasteiger charge is 2.22. The average molecular weight is 376 g/mol. The highest BCUT2D eigenvalue weighted by molar-refractivity contribution is 6.06. The van der Waals surface area contributed by atoms with Gasteiger partial charge in [-0.25, -0.2) is 4.68 Å². The maximum absolute atomic E-state index is 12.9. The minimum absolute atomic E-state index is 0.00484. The normalized spacial score (nSPS) is 12.9. The van der Waals surface area contributed by atoms with Crippen LogP contribution >= 0.6 is 0 Å². The lowest BCUT2D eigenvalue weighted by atomic mass is 10.0. The van der Waals surface area contributed by atoms with Gasteiger partial charge in [-0.15, -0.1) is 0 Å². The van der Waals surface area contributed by atoms with Crippen LogP contribution in [0.2, 0.25) is 0 Å². The summed E-state index contributed by atoms with van der Waals surface area (Å²) in [6, 6.07) is 14.9. The van der Waals surface area contributed by atoms with Crippen LogP contribution < -0.4 is 15.4 Å². The molecule has 3 aromatic rings. The molecule has 1 aliphatic rings. The van der Waals surface area contributed by atoms with Crippen molar-refractivity contribution in [3.05, 3.63) is 66.0 Å². The molecule has 7 heteroatoms. The van der Waals surface area contributed by atoms with Gasteiger partial charge in [0.15, 0.2) is 6.61 Å². The molecule has 2 aromatic carbocycles. The first kappa shape index (κ1) is 17.8. The molecule has 2 heterocycles. The Morgan fingerprint density at radius 1 is 1.21 bits per heavy atom. The minimum atomic E-state index is -0.256. The molecule has 142 valence electrons. The van der Waals surface area contributed by atoms with Crippen molar-refractivity contribution in [2.45, 2.75) is 19.8 Å². The highest BCUT2D eigenvalue weighted by atomic mass is 16.5. The molecular weight excluding hydrogens is 356 g/mol. The lowest BCUT2D eigenvalue weighted by Gasteiger charge is -2.18. The van der Waals surface area contributed by atoms with Gasteiger partial charge < -0.3 is 15.4 Å². The Balaban J connectivity index is 1.63. The molecular formula is C21H20N4O3. The molecule has 2 amide bonds. The number of nitrogens with one attached hydrogen (secondary N) is 2. The van der Waals surface area contributed by atoms with Crippen LogP contribution in [0.5, 0.6) is 5.75 Å². The minimum Gasteiger partial charge on any atom is -0.482 e. The van der Waals surface area contributed by atoms with E-state index < -0.39 is 0 Å². The maximum atomic E-state index is 12.9. The van der Waals surface area contributed by atoms with E-state index in [2.05, 4.69) is 15.7 Å². The van der Waals surface area contributed by atoms with Crippen molar-refractivity contribution < 1.29 is 14.3 Å². The molecule has 0 unspecified atom stereocenters. The van der Waals surface area contributed by atoms with Crippen LogP contribution in [0.25, 0.3) is 5.69 Å². The van der Waals surface area contributed by atoms with Crippen LogP contribution in [0, 0.1) is 0 Å². The van der Waals surface area contributed by atoms with Crippen molar-refractivity contribution in [1.29, 1.82) is 0 Å². The van der Waals surface area contributed by atoms with Gasteiger partial charge in [-0.3, -0.25) is 9.59 Å². The molecule has 0 saturated heterocycles. The topological polar surface area (TPSA) is 85.2 Å². The third kappa shape index (κ3) is 3.34. The summed E-state index contributed by atoms with van der Waals surface area (Å²) in [6.07, 6.45) is 1.58. The summed E-state index contributed by atoms with van der Waals surface area (Å²) >= 11 is 0. The Labute approximate surface area is 162 Å². The molecule has 1 aromatic heterocycles. The molecule has 0 bridgehead atoms. The second-order valence-electron chi connectivity index (χ2n) is 6.85. The van der Waals surface area contributed by atoms with Crippen molar-refractivity contribution in [2.75, 3.05) is 17.2 Å². The number of hydrogen-bond donors (Lipinski definition) is 2.